The van der Waals surface area contributed by atoms with Gasteiger partial charge in [-0.25, -0.2) is 4.98 Å². The highest BCUT2D eigenvalue weighted by Gasteiger charge is 2.32. The number of carbonyl (C=O) groups is 1. The Bertz CT molecular complexity index is 1210. The zero-order valence-electron chi connectivity index (χ0n) is 19.4. The molecule has 0 saturated heterocycles. The van der Waals surface area contributed by atoms with Crippen LogP contribution < -0.4 is 5.56 Å². The van der Waals surface area contributed by atoms with Crippen LogP contribution in [-0.2, 0) is 29.9 Å². The van der Waals surface area contributed by atoms with Gasteiger partial charge in [-0.15, -0.1) is 11.3 Å². The molecule has 2 aliphatic carbocycles. The highest BCUT2D eigenvalue weighted by atomic mass is 32.2. The van der Waals surface area contributed by atoms with E-state index in [1.54, 1.807) is 23.1 Å². The van der Waals surface area contributed by atoms with Crippen LogP contribution in [-0.4, -0.2) is 32.6 Å². The Morgan fingerprint density at radius 2 is 2.03 bits per heavy atom. The number of aryl methyl sites for hydroxylation is 2. The largest absolute Gasteiger partial charge is 0.335 e. The van der Waals surface area contributed by atoms with E-state index < -0.39 is 0 Å². The van der Waals surface area contributed by atoms with Gasteiger partial charge < -0.3 is 9.88 Å². The fourth-order valence-electron chi connectivity index (χ4n) is 4.60. The predicted molar refractivity (Wildman–Crippen MR) is 137 cm³/mol. The summed E-state index contributed by atoms with van der Waals surface area (Å²) in [5.74, 6) is 2.82. The van der Waals surface area contributed by atoms with Gasteiger partial charge in [0.1, 0.15) is 10.7 Å². The van der Waals surface area contributed by atoms with Crippen LogP contribution in [0.15, 0.2) is 29.1 Å². The molecule has 1 N–H and O–H groups in total. The number of carbonyl (C=O) groups excluding carboxylic acids is 1. The molecule has 0 unspecified atom stereocenters. The summed E-state index contributed by atoms with van der Waals surface area (Å²) in [4.78, 5) is 37.5. The summed E-state index contributed by atoms with van der Waals surface area (Å²) in [5.41, 5.74) is 3.74. The monoisotopic (exact) mass is 481 g/mol. The van der Waals surface area contributed by atoms with Crippen LogP contribution in [0.5, 0.6) is 0 Å². The second-order valence-corrected chi connectivity index (χ2v) is 11.7. The number of fused-ring (bicyclic) bond motifs is 3. The van der Waals surface area contributed by atoms with Gasteiger partial charge in [0.25, 0.3) is 5.56 Å². The third kappa shape index (κ3) is 5.04. The van der Waals surface area contributed by atoms with Gasteiger partial charge in [-0.05, 0) is 54.7 Å². The van der Waals surface area contributed by atoms with Crippen molar-refractivity contribution in [1.29, 1.82) is 0 Å². The van der Waals surface area contributed by atoms with E-state index in [4.69, 9.17) is 4.98 Å². The maximum atomic E-state index is 13.0. The van der Waals surface area contributed by atoms with Gasteiger partial charge in [0.15, 0.2) is 0 Å². The van der Waals surface area contributed by atoms with Gasteiger partial charge in [0.05, 0.1) is 11.1 Å². The van der Waals surface area contributed by atoms with Crippen LogP contribution >= 0.6 is 23.1 Å². The average molecular weight is 482 g/mol. The molecule has 33 heavy (non-hydrogen) atoms. The Morgan fingerprint density at radius 3 is 2.76 bits per heavy atom. The molecule has 0 atom stereocenters. The first-order valence-corrected chi connectivity index (χ1v) is 14.0. The normalized spacial score (nSPS) is 15.4. The highest BCUT2D eigenvalue weighted by molar-refractivity contribution is 7.98. The number of aromatic amines is 1. The number of H-pyrrole nitrogens is 1. The summed E-state index contributed by atoms with van der Waals surface area (Å²) >= 11 is 3.34. The Kier molecular flexibility index (Phi) is 6.61. The fourth-order valence-corrected chi connectivity index (χ4v) is 6.67. The number of benzene rings is 1. The zero-order chi connectivity index (χ0) is 22.9. The Balaban J connectivity index is 1.15. The minimum Gasteiger partial charge on any atom is -0.335 e. The standard InChI is InChI=1S/C26H31N3O2S2/c1-16(2)18-8-6-17(7-9-18)14-29(19-10-11-19)23(30)12-13-32-15-22-27-25(31)24-20-4-3-5-21(20)33-26(24)28-22/h6-9,16,19H,3-5,10-15H2,1-2H3,(H,27,28,31). The van der Waals surface area contributed by atoms with Gasteiger partial charge in [0, 0.05) is 29.6 Å². The summed E-state index contributed by atoms with van der Waals surface area (Å²) in [6.07, 6.45) is 5.95. The smallest absolute Gasteiger partial charge is 0.259 e. The van der Waals surface area contributed by atoms with E-state index in [1.165, 1.54) is 21.6 Å². The molecule has 2 aromatic heterocycles. The second kappa shape index (κ2) is 9.63. The number of aromatic nitrogens is 2. The molecular weight excluding hydrogens is 450 g/mol. The minimum atomic E-state index is -0.00512. The summed E-state index contributed by atoms with van der Waals surface area (Å²) < 4.78 is 0. The van der Waals surface area contributed by atoms with Crippen molar-refractivity contribution >= 4 is 39.2 Å². The molecule has 1 amide bonds. The molecule has 0 radical (unpaired) electrons. The van der Waals surface area contributed by atoms with Crippen molar-refractivity contribution in [3.8, 4) is 0 Å². The number of nitrogens with one attached hydrogen (secondary N) is 1. The Hall–Kier alpha value is -2.12. The lowest BCUT2D eigenvalue weighted by Crippen LogP contribution is -2.32. The number of amides is 1. The van der Waals surface area contributed by atoms with Crippen LogP contribution in [0.4, 0.5) is 0 Å². The van der Waals surface area contributed by atoms with Crippen molar-refractivity contribution < 1.29 is 4.79 Å². The zero-order valence-corrected chi connectivity index (χ0v) is 21.0. The number of thioether (sulfide) groups is 1. The van der Waals surface area contributed by atoms with Crippen molar-refractivity contribution in [2.45, 2.75) is 76.6 Å². The molecular formula is C26H31N3O2S2. The summed E-state index contributed by atoms with van der Waals surface area (Å²) in [7, 11) is 0. The van der Waals surface area contributed by atoms with Crippen LogP contribution in [0.1, 0.15) is 72.8 Å². The van der Waals surface area contributed by atoms with E-state index in [-0.39, 0.29) is 11.5 Å². The molecule has 174 valence electrons. The lowest BCUT2D eigenvalue weighted by molar-refractivity contribution is -0.131. The van der Waals surface area contributed by atoms with Crippen LogP contribution in [0.2, 0.25) is 0 Å². The number of thiophene rings is 1. The fraction of sp³-hybridized carbons (Fsp3) is 0.500. The third-order valence-electron chi connectivity index (χ3n) is 6.63. The number of nitrogens with zero attached hydrogens (tertiary/aromatic N) is 2. The topological polar surface area (TPSA) is 66.1 Å². The molecule has 5 nitrogen and oxygen atoms in total. The first-order valence-electron chi connectivity index (χ1n) is 12.0. The predicted octanol–water partition coefficient (Wildman–Crippen LogP) is 5.41. The van der Waals surface area contributed by atoms with Gasteiger partial charge in [-0.3, -0.25) is 9.59 Å². The van der Waals surface area contributed by atoms with Crippen LogP contribution in [0, 0.1) is 0 Å². The van der Waals surface area contributed by atoms with Crippen molar-refractivity contribution in [3.63, 3.8) is 0 Å². The number of hydrogen-bond acceptors (Lipinski definition) is 5. The van der Waals surface area contributed by atoms with E-state index in [2.05, 4.69) is 48.0 Å². The summed E-state index contributed by atoms with van der Waals surface area (Å²) in [6, 6.07) is 9.07. The lowest BCUT2D eigenvalue weighted by Gasteiger charge is -2.23. The second-order valence-electron chi connectivity index (χ2n) is 9.50. The summed E-state index contributed by atoms with van der Waals surface area (Å²) in [6.45, 7) is 5.09. The van der Waals surface area contributed by atoms with Crippen molar-refractivity contribution in [1.82, 2.24) is 14.9 Å². The number of hydrogen-bond donors (Lipinski definition) is 1. The van der Waals surface area contributed by atoms with E-state index in [0.717, 1.165) is 48.1 Å². The van der Waals surface area contributed by atoms with E-state index in [0.29, 0.717) is 36.5 Å². The van der Waals surface area contributed by atoms with Crippen molar-refractivity contribution in [2.75, 3.05) is 5.75 Å². The first kappa shape index (κ1) is 22.7. The Labute approximate surface area is 203 Å². The molecule has 2 aliphatic rings. The molecule has 3 aromatic rings. The molecule has 0 bridgehead atoms. The highest BCUT2D eigenvalue weighted by Crippen LogP contribution is 2.34. The lowest BCUT2D eigenvalue weighted by atomic mass is 10.0. The van der Waals surface area contributed by atoms with Gasteiger partial charge in [-0.1, -0.05) is 38.1 Å². The maximum Gasteiger partial charge on any atom is 0.259 e. The Morgan fingerprint density at radius 1 is 1.24 bits per heavy atom. The minimum absolute atomic E-state index is 0.00512. The SMILES string of the molecule is CC(C)c1ccc(CN(C(=O)CCSCc2nc3sc4c(c3c(=O)[nH]2)CCC4)C2CC2)cc1. The maximum absolute atomic E-state index is 13.0. The molecule has 5 rings (SSSR count). The third-order valence-corrected chi connectivity index (χ3v) is 8.79. The number of rotatable bonds is 9. The van der Waals surface area contributed by atoms with E-state index >= 15 is 0 Å². The van der Waals surface area contributed by atoms with Gasteiger partial charge in [0.2, 0.25) is 5.91 Å². The van der Waals surface area contributed by atoms with Crippen LogP contribution in [0.25, 0.3) is 10.2 Å². The van der Waals surface area contributed by atoms with Crippen LogP contribution in [0.3, 0.4) is 0 Å². The molecule has 1 saturated carbocycles. The van der Waals surface area contributed by atoms with E-state index in [1.807, 2.05) is 0 Å². The molecule has 0 spiro atoms. The van der Waals surface area contributed by atoms with Crippen molar-refractivity contribution in [2.24, 2.45) is 0 Å². The molecule has 1 aromatic carbocycles. The molecule has 2 heterocycles. The molecule has 0 aliphatic heterocycles. The van der Waals surface area contributed by atoms with E-state index in [9.17, 15) is 9.59 Å². The molecule has 7 heteroatoms. The molecule has 1 fully saturated rings. The van der Waals surface area contributed by atoms with Gasteiger partial charge >= 0.3 is 0 Å². The average Bonchev–Trinajstić information content (AvgIpc) is 3.43. The van der Waals surface area contributed by atoms with Crippen molar-refractivity contribution in [3.05, 3.63) is 62.0 Å². The van der Waals surface area contributed by atoms with Gasteiger partial charge in [-0.2, -0.15) is 11.8 Å². The first-order chi connectivity index (χ1) is 16.0. The summed E-state index contributed by atoms with van der Waals surface area (Å²) in [5, 5.41) is 0.804. The quantitative estimate of drug-likeness (QED) is 0.415.